The first-order valence-corrected chi connectivity index (χ1v) is 3.65. The van der Waals surface area contributed by atoms with Crippen LogP contribution in [-0.2, 0) is 4.79 Å². The molecule has 0 saturated carbocycles. The van der Waals surface area contributed by atoms with Crippen LogP contribution in [0.25, 0.3) is 5.84 Å². The second kappa shape index (κ2) is 6.56. The van der Waals surface area contributed by atoms with Crippen LogP contribution in [0.5, 0.6) is 0 Å². The number of aliphatic hydroxyl groups excluding tert-OH is 2. The van der Waals surface area contributed by atoms with Crippen LogP contribution >= 0.6 is 0 Å². The van der Waals surface area contributed by atoms with Gasteiger partial charge in [-0.1, -0.05) is 0 Å². The summed E-state index contributed by atoms with van der Waals surface area (Å²) >= 11 is 0. The largest absolute Gasteiger partial charge is 1.00 e. The summed E-state index contributed by atoms with van der Waals surface area (Å²) < 4.78 is 0. The van der Waals surface area contributed by atoms with Crippen molar-refractivity contribution in [2.45, 2.75) is 6.42 Å². The predicted octanol–water partition coefficient (Wildman–Crippen LogP) is -3.29. The summed E-state index contributed by atoms with van der Waals surface area (Å²) in [4.78, 5) is 10.9. The van der Waals surface area contributed by atoms with Crippen LogP contribution in [0.3, 0.4) is 0 Å². The second-order valence-corrected chi connectivity index (χ2v) is 2.48. The minimum Gasteiger partial charge on any atom is -0.584 e. The molecule has 72 valence electrons. The van der Waals surface area contributed by atoms with Crippen molar-refractivity contribution in [2.75, 3.05) is 6.61 Å². The fraction of sp³-hybridized carbons (Fsp3) is 0.286. The van der Waals surface area contributed by atoms with Crippen LogP contribution < -0.4 is 62.1 Å². The summed E-state index contributed by atoms with van der Waals surface area (Å²) in [5.41, 5.74) is 2.05. The molecule has 0 radical (unpaired) electrons. The number of amides is 1. The van der Waals surface area contributed by atoms with Gasteiger partial charge in [0, 0.05) is 6.42 Å². The summed E-state index contributed by atoms with van der Waals surface area (Å²) in [6, 6.07) is 0. The van der Waals surface area contributed by atoms with Crippen LogP contribution in [0, 0.1) is 0 Å². The maximum absolute atomic E-state index is 10.9. The Kier molecular flexibility index (Phi) is 6.61. The van der Waals surface area contributed by atoms with Gasteiger partial charge in [-0.25, -0.2) is 0 Å². The Balaban J connectivity index is 0.00000169. The third-order valence-corrected chi connectivity index (χ3v) is 1.65. The van der Waals surface area contributed by atoms with E-state index in [4.69, 9.17) is 10.9 Å². The van der Waals surface area contributed by atoms with E-state index >= 15 is 0 Å². The molecule has 1 rings (SSSR count). The average Bonchev–Trinajstić information content (AvgIpc) is 2.17. The Morgan fingerprint density at radius 1 is 1.71 bits per heavy atom. The van der Waals surface area contributed by atoms with E-state index in [-0.39, 0.29) is 81.6 Å². The van der Waals surface area contributed by atoms with Gasteiger partial charge in [0.05, 0.1) is 18.0 Å². The predicted molar refractivity (Wildman–Crippen MR) is 45.0 cm³/mol. The molecular formula is C7H10KN3O3. The SMILES string of the molecule is [K+].[NH-]NC(=O)C1=CCC(O)=C(CO)N1. The molecule has 0 aliphatic carbocycles. The molecule has 0 aromatic rings. The quantitative estimate of drug-likeness (QED) is 0.291. The minimum absolute atomic E-state index is 0. The zero-order chi connectivity index (χ0) is 9.84. The summed E-state index contributed by atoms with van der Waals surface area (Å²) in [6.07, 6.45) is 1.63. The molecule has 0 saturated heterocycles. The van der Waals surface area contributed by atoms with Crippen molar-refractivity contribution < 1.29 is 66.4 Å². The van der Waals surface area contributed by atoms with E-state index in [0.29, 0.717) is 0 Å². The summed E-state index contributed by atoms with van der Waals surface area (Å²) in [5.74, 6) is 6.00. The monoisotopic (exact) mass is 223 g/mol. The van der Waals surface area contributed by atoms with Gasteiger partial charge in [0.1, 0.15) is 5.76 Å². The van der Waals surface area contributed by atoms with Crippen LogP contribution in [0.4, 0.5) is 0 Å². The van der Waals surface area contributed by atoms with Crippen molar-refractivity contribution >= 4 is 5.91 Å². The van der Waals surface area contributed by atoms with Crippen molar-refractivity contribution in [3.8, 4) is 0 Å². The number of hydrogen-bond donors (Lipinski definition) is 4. The first-order chi connectivity index (χ1) is 6.19. The number of carbonyl (C=O) groups is 1. The van der Waals surface area contributed by atoms with Crippen molar-refractivity contribution in [2.24, 2.45) is 0 Å². The number of rotatable bonds is 2. The van der Waals surface area contributed by atoms with Gasteiger partial charge < -0.3 is 26.8 Å². The van der Waals surface area contributed by atoms with E-state index in [1.54, 1.807) is 5.43 Å². The zero-order valence-electron chi connectivity index (χ0n) is 7.79. The van der Waals surface area contributed by atoms with Crippen molar-refractivity contribution in [3.63, 3.8) is 0 Å². The smallest absolute Gasteiger partial charge is 0.584 e. The fourth-order valence-electron chi connectivity index (χ4n) is 0.955. The molecule has 0 unspecified atom stereocenters. The van der Waals surface area contributed by atoms with E-state index < -0.39 is 5.91 Å². The number of nitrogens with one attached hydrogen (secondary N) is 3. The van der Waals surface area contributed by atoms with Crippen LogP contribution in [0.15, 0.2) is 23.2 Å². The molecule has 0 aromatic heterocycles. The average molecular weight is 223 g/mol. The Morgan fingerprint density at radius 3 is 2.86 bits per heavy atom. The van der Waals surface area contributed by atoms with E-state index in [1.165, 1.54) is 6.08 Å². The summed E-state index contributed by atoms with van der Waals surface area (Å²) in [5, 5.41) is 20.4. The molecule has 7 heteroatoms. The molecule has 0 fully saturated rings. The normalized spacial score (nSPS) is 15.1. The number of aliphatic hydroxyl groups is 2. The van der Waals surface area contributed by atoms with Crippen molar-refractivity contribution in [1.29, 1.82) is 0 Å². The summed E-state index contributed by atoms with van der Waals surface area (Å²) in [6.45, 7) is -0.367. The number of hydrogen-bond acceptors (Lipinski definition) is 4. The molecule has 1 aliphatic rings. The Labute approximate surface area is 124 Å². The Hall–Kier alpha value is 0.106. The van der Waals surface area contributed by atoms with Crippen molar-refractivity contribution in [1.82, 2.24) is 10.7 Å². The summed E-state index contributed by atoms with van der Waals surface area (Å²) in [7, 11) is 0. The van der Waals surface area contributed by atoms with Gasteiger partial charge in [-0.3, -0.25) is 4.79 Å². The van der Waals surface area contributed by atoms with Gasteiger partial charge in [0.25, 0.3) is 0 Å². The molecule has 0 bridgehead atoms. The van der Waals surface area contributed by atoms with Gasteiger partial charge >= 0.3 is 51.4 Å². The van der Waals surface area contributed by atoms with Crippen molar-refractivity contribution in [3.05, 3.63) is 29.1 Å². The number of dihydropyridines is 1. The minimum atomic E-state index is -0.599. The standard InChI is InChI=1S/C7H10N3O3.K/c8-10-7(13)4-1-2-6(12)5(3-11)9-4;/h1,8-9,11-12H,2-3H2,(H,10,13);/q-1;+1. The molecule has 1 heterocycles. The second-order valence-electron chi connectivity index (χ2n) is 2.48. The molecule has 1 aliphatic heterocycles. The Morgan fingerprint density at radius 2 is 2.36 bits per heavy atom. The maximum atomic E-state index is 10.9. The number of allylic oxidation sites excluding steroid dienone is 1. The first-order valence-electron chi connectivity index (χ1n) is 3.65. The van der Waals surface area contributed by atoms with Crippen LogP contribution in [0.1, 0.15) is 6.42 Å². The van der Waals surface area contributed by atoms with Crippen LogP contribution in [-0.4, -0.2) is 22.7 Å². The molecule has 6 nitrogen and oxygen atoms in total. The number of carbonyl (C=O) groups excluding carboxylic acids is 1. The van der Waals surface area contributed by atoms with E-state index in [9.17, 15) is 9.90 Å². The van der Waals surface area contributed by atoms with Gasteiger partial charge in [-0.05, 0) is 6.08 Å². The third kappa shape index (κ3) is 3.35. The fourth-order valence-corrected chi connectivity index (χ4v) is 0.955. The molecule has 0 spiro atoms. The molecular weight excluding hydrogens is 213 g/mol. The topological polar surface area (TPSA) is 105 Å². The zero-order valence-corrected chi connectivity index (χ0v) is 10.9. The molecule has 5 N–H and O–H groups in total. The van der Waals surface area contributed by atoms with Crippen LogP contribution in [0.2, 0.25) is 0 Å². The van der Waals surface area contributed by atoms with Gasteiger partial charge in [-0.2, -0.15) is 0 Å². The molecule has 0 atom stereocenters. The van der Waals surface area contributed by atoms with E-state index in [2.05, 4.69) is 5.32 Å². The maximum Gasteiger partial charge on any atom is 1.00 e. The first kappa shape index (κ1) is 14.1. The third-order valence-electron chi connectivity index (χ3n) is 1.65. The molecule has 0 aromatic carbocycles. The molecule has 1 amide bonds. The van der Waals surface area contributed by atoms with E-state index in [0.717, 1.165) is 0 Å². The van der Waals surface area contributed by atoms with Gasteiger partial charge in [0.15, 0.2) is 0 Å². The molecule has 14 heavy (non-hydrogen) atoms. The Bertz CT molecular complexity index is 288. The van der Waals surface area contributed by atoms with E-state index in [1.807, 2.05) is 0 Å². The van der Waals surface area contributed by atoms with Gasteiger partial charge in [0.2, 0.25) is 5.91 Å². The van der Waals surface area contributed by atoms with Gasteiger partial charge in [-0.15, -0.1) is 0 Å².